The van der Waals surface area contributed by atoms with E-state index in [1.807, 2.05) is 12.3 Å². The Kier molecular flexibility index (Phi) is 6.57. The third kappa shape index (κ3) is 4.68. The number of morpholine rings is 1. The van der Waals surface area contributed by atoms with Crippen LogP contribution in [0.5, 0.6) is 5.75 Å². The minimum absolute atomic E-state index is 0.177. The van der Waals surface area contributed by atoms with Crippen molar-refractivity contribution in [3.63, 3.8) is 0 Å². The molecule has 2 aliphatic rings. The number of hydrogen-bond donors (Lipinski definition) is 3. The number of aromatic nitrogens is 3. The first kappa shape index (κ1) is 22.9. The first-order valence-corrected chi connectivity index (χ1v) is 13.1. The number of rotatable bonds is 8. The predicted octanol–water partition coefficient (Wildman–Crippen LogP) is 3.33. The number of nitrogens with zero attached hydrogens (tertiary/aromatic N) is 3. The van der Waals surface area contributed by atoms with Gasteiger partial charge in [-0.15, -0.1) is 0 Å². The molecule has 3 heterocycles. The number of H-pyrrole nitrogens is 1. The lowest BCUT2D eigenvalue weighted by Crippen LogP contribution is -2.40. The van der Waals surface area contributed by atoms with Crippen molar-refractivity contribution in [2.75, 3.05) is 50.6 Å². The van der Waals surface area contributed by atoms with E-state index in [4.69, 9.17) is 14.5 Å². The highest BCUT2D eigenvalue weighted by Gasteiger charge is 2.27. The molecule has 5 rings (SSSR count). The Morgan fingerprint density at radius 1 is 1.18 bits per heavy atom. The summed E-state index contributed by atoms with van der Waals surface area (Å²) in [6, 6.07) is 6.74. The highest BCUT2D eigenvalue weighted by Crippen LogP contribution is 2.32. The smallest absolute Gasteiger partial charge is 0.243 e. The maximum Gasteiger partial charge on any atom is 0.243 e. The van der Waals surface area contributed by atoms with Gasteiger partial charge in [-0.1, -0.05) is 12.8 Å². The normalized spacial score (nSPS) is 17.8. The van der Waals surface area contributed by atoms with Crippen molar-refractivity contribution in [1.29, 1.82) is 0 Å². The minimum Gasteiger partial charge on any atom is -0.495 e. The number of ether oxygens (including phenoxy) is 2. The summed E-state index contributed by atoms with van der Waals surface area (Å²) in [6.45, 7) is 2.35. The van der Waals surface area contributed by atoms with Gasteiger partial charge in [-0.3, -0.25) is 0 Å². The molecule has 34 heavy (non-hydrogen) atoms. The summed E-state index contributed by atoms with van der Waals surface area (Å²) in [5.41, 5.74) is 1.30. The van der Waals surface area contributed by atoms with Gasteiger partial charge in [0.25, 0.3) is 0 Å². The Bertz CT molecular complexity index is 1250. The van der Waals surface area contributed by atoms with Crippen LogP contribution < -0.4 is 15.4 Å². The molecule has 1 aromatic carbocycles. The Hall–Kier alpha value is -2.89. The summed E-state index contributed by atoms with van der Waals surface area (Å²) in [6.07, 6.45) is 6.92. The van der Waals surface area contributed by atoms with E-state index in [9.17, 15) is 8.42 Å². The van der Waals surface area contributed by atoms with Crippen LogP contribution in [-0.2, 0) is 14.8 Å². The summed E-state index contributed by atoms with van der Waals surface area (Å²) >= 11 is 0. The maximum absolute atomic E-state index is 13.0. The van der Waals surface area contributed by atoms with Crippen LogP contribution in [0.1, 0.15) is 25.7 Å². The number of aromatic amines is 1. The molecule has 3 aromatic rings. The van der Waals surface area contributed by atoms with E-state index >= 15 is 0 Å². The van der Waals surface area contributed by atoms with E-state index < -0.39 is 10.0 Å². The summed E-state index contributed by atoms with van der Waals surface area (Å²) in [4.78, 5) is 12.6. The van der Waals surface area contributed by atoms with Crippen LogP contribution in [-0.4, -0.2) is 67.6 Å². The fourth-order valence-corrected chi connectivity index (χ4v) is 6.00. The Morgan fingerprint density at radius 2 is 1.97 bits per heavy atom. The summed E-state index contributed by atoms with van der Waals surface area (Å²) in [5, 5.41) is 7.63. The lowest BCUT2D eigenvalue weighted by atomic mass is 10.1. The SMILES string of the molecule is COc1cc(S(=O)(=O)N2CCOCC2)ccc1Nc1nc(NCC2CCCC2)c2cc[nH]c2n1. The van der Waals surface area contributed by atoms with Crippen LogP contribution in [0.3, 0.4) is 0 Å². The summed E-state index contributed by atoms with van der Waals surface area (Å²) in [5.74, 6) is 2.23. The molecule has 3 N–H and O–H groups in total. The second-order valence-electron chi connectivity index (χ2n) is 8.67. The highest BCUT2D eigenvalue weighted by atomic mass is 32.2. The van der Waals surface area contributed by atoms with Crippen LogP contribution in [0, 0.1) is 5.92 Å². The number of anilines is 3. The van der Waals surface area contributed by atoms with E-state index in [0.29, 0.717) is 49.6 Å². The van der Waals surface area contributed by atoms with Gasteiger partial charge < -0.3 is 25.1 Å². The van der Waals surface area contributed by atoms with Crippen molar-refractivity contribution in [3.8, 4) is 5.75 Å². The molecule has 182 valence electrons. The number of sulfonamides is 1. The van der Waals surface area contributed by atoms with Gasteiger partial charge in [0.2, 0.25) is 16.0 Å². The molecule has 0 bridgehead atoms. The average Bonchev–Trinajstić information content (AvgIpc) is 3.55. The monoisotopic (exact) mass is 486 g/mol. The van der Waals surface area contributed by atoms with Crippen molar-refractivity contribution in [3.05, 3.63) is 30.5 Å². The van der Waals surface area contributed by atoms with Crippen LogP contribution >= 0.6 is 0 Å². The molecular weight excluding hydrogens is 456 g/mol. The topological polar surface area (TPSA) is 121 Å². The third-order valence-corrected chi connectivity index (χ3v) is 8.37. The number of nitrogens with one attached hydrogen (secondary N) is 3. The number of benzene rings is 1. The zero-order valence-corrected chi connectivity index (χ0v) is 20.0. The minimum atomic E-state index is -3.63. The zero-order chi connectivity index (χ0) is 23.5. The first-order valence-electron chi connectivity index (χ1n) is 11.7. The van der Waals surface area contributed by atoms with E-state index in [1.54, 1.807) is 12.1 Å². The van der Waals surface area contributed by atoms with Gasteiger partial charge in [0.05, 0.1) is 36.3 Å². The highest BCUT2D eigenvalue weighted by molar-refractivity contribution is 7.89. The van der Waals surface area contributed by atoms with Crippen molar-refractivity contribution in [2.24, 2.45) is 5.92 Å². The Morgan fingerprint density at radius 3 is 2.74 bits per heavy atom. The second kappa shape index (κ2) is 9.77. The molecule has 10 nitrogen and oxygen atoms in total. The van der Waals surface area contributed by atoms with Gasteiger partial charge in [-0.05, 0) is 37.0 Å². The molecule has 1 saturated heterocycles. The number of hydrogen-bond acceptors (Lipinski definition) is 8. The van der Waals surface area contributed by atoms with Crippen molar-refractivity contribution < 1.29 is 17.9 Å². The standard InChI is InChI=1S/C23H30N6O4S/c1-32-20-14-17(34(30,31)29-10-12-33-13-11-29)6-7-19(20)26-23-27-21-18(8-9-24-21)22(28-23)25-15-16-4-2-3-5-16/h6-9,14,16H,2-5,10-13,15H2,1H3,(H3,24,25,26,27,28). The molecule has 2 aromatic heterocycles. The summed E-state index contributed by atoms with van der Waals surface area (Å²) < 4.78 is 38.3. The first-order chi connectivity index (χ1) is 16.5. The zero-order valence-electron chi connectivity index (χ0n) is 19.2. The molecule has 11 heteroatoms. The molecule has 0 radical (unpaired) electrons. The molecule has 2 fully saturated rings. The van der Waals surface area contributed by atoms with Gasteiger partial charge >= 0.3 is 0 Å². The molecule has 0 atom stereocenters. The quantitative estimate of drug-likeness (QED) is 0.443. The molecule has 1 aliphatic carbocycles. The van der Waals surface area contributed by atoms with Gasteiger partial charge in [0.1, 0.15) is 17.2 Å². The van der Waals surface area contributed by atoms with Crippen molar-refractivity contribution in [1.82, 2.24) is 19.3 Å². The summed E-state index contributed by atoms with van der Waals surface area (Å²) in [7, 11) is -2.12. The van der Waals surface area contributed by atoms with Gasteiger partial charge in [-0.2, -0.15) is 14.3 Å². The molecule has 1 aliphatic heterocycles. The Balaban J connectivity index is 1.39. The maximum atomic E-state index is 13.0. The van der Waals surface area contributed by atoms with E-state index in [0.717, 1.165) is 23.4 Å². The van der Waals surface area contributed by atoms with E-state index in [2.05, 4.69) is 20.6 Å². The molecular formula is C23H30N6O4S. The largest absolute Gasteiger partial charge is 0.495 e. The Labute approximate surface area is 199 Å². The van der Waals surface area contributed by atoms with E-state index in [-0.39, 0.29) is 4.90 Å². The van der Waals surface area contributed by atoms with Crippen molar-refractivity contribution >= 4 is 38.5 Å². The fourth-order valence-electron chi connectivity index (χ4n) is 4.58. The van der Waals surface area contributed by atoms with Gasteiger partial charge in [-0.25, -0.2) is 8.42 Å². The van der Waals surface area contributed by atoms with Gasteiger partial charge in [0.15, 0.2) is 0 Å². The number of fused-ring (bicyclic) bond motifs is 1. The lowest BCUT2D eigenvalue weighted by Gasteiger charge is -2.26. The van der Waals surface area contributed by atoms with Crippen LogP contribution in [0.2, 0.25) is 0 Å². The average molecular weight is 487 g/mol. The van der Waals surface area contributed by atoms with Crippen LogP contribution in [0.15, 0.2) is 35.4 Å². The third-order valence-electron chi connectivity index (χ3n) is 6.48. The molecule has 0 amide bonds. The predicted molar refractivity (Wildman–Crippen MR) is 130 cm³/mol. The van der Waals surface area contributed by atoms with Gasteiger partial charge in [0, 0.05) is 31.9 Å². The fraction of sp³-hybridized carbons (Fsp3) is 0.478. The van der Waals surface area contributed by atoms with Crippen LogP contribution in [0.4, 0.5) is 17.5 Å². The lowest BCUT2D eigenvalue weighted by molar-refractivity contribution is 0.0730. The van der Waals surface area contributed by atoms with E-state index in [1.165, 1.54) is 43.2 Å². The molecule has 0 spiro atoms. The molecule has 0 unspecified atom stereocenters. The second-order valence-corrected chi connectivity index (χ2v) is 10.6. The molecule has 1 saturated carbocycles. The van der Waals surface area contributed by atoms with Crippen LogP contribution in [0.25, 0.3) is 11.0 Å². The van der Waals surface area contributed by atoms with Crippen molar-refractivity contribution in [2.45, 2.75) is 30.6 Å². The number of methoxy groups -OCH3 is 1.